The van der Waals surface area contributed by atoms with Crippen molar-refractivity contribution in [3.8, 4) is 11.5 Å². The summed E-state index contributed by atoms with van der Waals surface area (Å²) in [6.45, 7) is 0. The fraction of sp³-hybridized carbons (Fsp3) is 0.250. The first-order chi connectivity index (χ1) is 9.20. The molecule has 100 valence electrons. The SMILES string of the molecule is COc1cc(CCC(O)c2ccccc2)ccc1O. The highest BCUT2D eigenvalue weighted by Crippen LogP contribution is 2.27. The summed E-state index contributed by atoms with van der Waals surface area (Å²) in [5.74, 6) is 0.599. The summed E-state index contributed by atoms with van der Waals surface area (Å²) >= 11 is 0. The number of rotatable bonds is 5. The highest BCUT2D eigenvalue weighted by Gasteiger charge is 2.08. The van der Waals surface area contributed by atoms with Crippen LogP contribution in [0.15, 0.2) is 48.5 Å². The molecule has 0 bridgehead atoms. The summed E-state index contributed by atoms with van der Waals surface area (Å²) in [6, 6.07) is 14.9. The maximum absolute atomic E-state index is 10.1. The van der Waals surface area contributed by atoms with E-state index in [1.807, 2.05) is 36.4 Å². The molecule has 0 aliphatic heterocycles. The summed E-state index contributed by atoms with van der Waals surface area (Å²) in [5, 5.41) is 19.6. The molecule has 0 aliphatic carbocycles. The van der Waals surface area contributed by atoms with Crippen LogP contribution < -0.4 is 4.74 Å². The molecule has 2 aromatic carbocycles. The Morgan fingerprint density at radius 2 is 1.84 bits per heavy atom. The van der Waals surface area contributed by atoms with Gasteiger partial charge in [-0.2, -0.15) is 0 Å². The Balaban J connectivity index is 1.99. The predicted octanol–water partition coefficient (Wildman–Crippen LogP) is 3.07. The van der Waals surface area contributed by atoms with Crippen LogP contribution in [0.3, 0.4) is 0 Å². The quantitative estimate of drug-likeness (QED) is 0.866. The van der Waals surface area contributed by atoms with E-state index in [4.69, 9.17) is 4.74 Å². The maximum Gasteiger partial charge on any atom is 0.160 e. The van der Waals surface area contributed by atoms with Gasteiger partial charge in [-0.05, 0) is 36.1 Å². The summed E-state index contributed by atoms with van der Waals surface area (Å²) in [6.07, 6.45) is 0.894. The van der Waals surface area contributed by atoms with Gasteiger partial charge < -0.3 is 14.9 Å². The zero-order valence-electron chi connectivity index (χ0n) is 10.9. The highest BCUT2D eigenvalue weighted by molar-refractivity contribution is 5.41. The van der Waals surface area contributed by atoms with Crippen molar-refractivity contribution in [1.29, 1.82) is 0 Å². The Morgan fingerprint density at radius 3 is 2.53 bits per heavy atom. The largest absolute Gasteiger partial charge is 0.504 e. The molecule has 0 saturated carbocycles. The van der Waals surface area contributed by atoms with Gasteiger partial charge in [0.25, 0.3) is 0 Å². The zero-order valence-corrected chi connectivity index (χ0v) is 10.9. The summed E-state index contributed by atoms with van der Waals surface area (Å²) in [5.41, 5.74) is 1.96. The lowest BCUT2D eigenvalue weighted by Gasteiger charge is -2.11. The van der Waals surface area contributed by atoms with E-state index in [0.29, 0.717) is 12.2 Å². The molecule has 0 amide bonds. The van der Waals surface area contributed by atoms with E-state index in [9.17, 15) is 10.2 Å². The third kappa shape index (κ3) is 3.48. The van der Waals surface area contributed by atoms with Gasteiger partial charge in [0, 0.05) is 0 Å². The number of aliphatic hydroxyl groups excluding tert-OH is 1. The second-order valence-electron chi connectivity index (χ2n) is 4.47. The van der Waals surface area contributed by atoms with E-state index < -0.39 is 6.10 Å². The first-order valence-corrected chi connectivity index (χ1v) is 6.29. The number of phenolic OH excluding ortho intramolecular Hbond substituents is 1. The number of aromatic hydroxyl groups is 1. The first kappa shape index (κ1) is 13.4. The molecule has 0 aliphatic rings. The minimum Gasteiger partial charge on any atom is -0.504 e. The molecule has 1 unspecified atom stereocenters. The van der Waals surface area contributed by atoms with Crippen molar-refractivity contribution < 1.29 is 14.9 Å². The number of hydrogen-bond donors (Lipinski definition) is 2. The Kier molecular flexibility index (Phi) is 4.42. The second-order valence-corrected chi connectivity index (χ2v) is 4.47. The van der Waals surface area contributed by atoms with Crippen LogP contribution in [-0.4, -0.2) is 17.3 Å². The normalized spacial score (nSPS) is 12.1. The molecular formula is C16H18O3. The average molecular weight is 258 g/mol. The number of aliphatic hydroxyl groups is 1. The van der Waals surface area contributed by atoms with Crippen LogP contribution in [0.1, 0.15) is 23.7 Å². The topological polar surface area (TPSA) is 49.7 Å². The lowest BCUT2D eigenvalue weighted by molar-refractivity contribution is 0.168. The van der Waals surface area contributed by atoms with Crippen LogP contribution in [0, 0.1) is 0 Å². The Hall–Kier alpha value is -2.00. The zero-order chi connectivity index (χ0) is 13.7. The highest BCUT2D eigenvalue weighted by atomic mass is 16.5. The minimum absolute atomic E-state index is 0.134. The number of phenols is 1. The van der Waals surface area contributed by atoms with E-state index in [1.165, 1.54) is 7.11 Å². The van der Waals surface area contributed by atoms with Crippen molar-refractivity contribution >= 4 is 0 Å². The lowest BCUT2D eigenvalue weighted by atomic mass is 10.0. The summed E-state index contributed by atoms with van der Waals surface area (Å²) < 4.78 is 5.06. The van der Waals surface area contributed by atoms with Crippen LogP contribution in [0.25, 0.3) is 0 Å². The van der Waals surface area contributed by atoms with Crippen molar-refractivity contribution in [1.82, 2.24) is 0 Å². The smallest absolute Gasteiger partial charge is 0.160 e. The maximum atomic E-state index is 10.1. The fourth-order valence-electron chi connectivity index (χ4n) is 2.02. The number of methoxy groups -OCH3 is 1. The van der Waals surface area contributed by atoms with Gasteiger partial charge in [0.05, 0.1) is 13.2 Å². The predicted molar refractivity (Wildman–Crippen MR) is 74.4 cm³/mol. The standard InChI is InChI=1S/C16H18O3/c1-19-16-11-12(8-10-15(16)18)7-9-14(17)13-5-3-2-4-6-13/h2-6,8,10-11,14,17-18H,7,9H2,1H3. The molecular weight excluding hydrogens is 240 g/mol. The Bertz CT molecular complexity index is 523. The lowest BCUT2D eigenvalue weighted by Crippen LogP contribution is -1.99. The van der Waals surface area contributed by atoms with E-state index in [0.717, 1.165) is 17.5 Å². The summed E-state index contributed by atoms with van der Waals surface area (Å²) in [7, 11) is 1.53. The fourth-order valence-corrected chi connectivity index (χ4v) is 2.02. The minimum atomic E-state index is -0.471. The molecule has 19 heavy (non-hydrogen) atoms. The van der Waals surface area contributed by atoms with Gasteiger partial charge in [0.2, 0.25) is 0 Å². The number of ether oxygens (including phenoxy) is 1. The van der Waals surface area contributed by atoms with Gasteiger partial charge in [-0.15, -0.1) is 0 Å². The third-order valence-electron chi connectivity index (χ3n) is 3.13. The van der Waals surface area contributed by atoms with E-state index >= 15 is 0 Å². The van der Waals surface area contributed by atoms with Crippen molar-refractivity contribution in [2.24, 2.45) is 0 Å². The number of benzene rings is 2. The molecule has 2 rings (SSSR count). The van der Waals surface area contributed by atoms with E-state index in [-0.39, 0.29) is 5.75 Å². The number of aryl methyl sites for hydroxylation is 1. The van der Waals surface area contributed by atoms with E-state index in [1.54, 1.807) is 12.1 Å². The van der Waals surface area contributed by atoms with Gasteiger partial charge in [-0.1, -0.05) is 36.4 Å². The molecule has 2 aromatic rings. The second kappa shape index (κ2) is 6.25. The molecule has 0 heterocycles. The van der Waals surface area contributed by atoms with Crippen LogP contribution in [0.4, 0.5) is 0 Å². The molecule has 0 radical (unpaired) electrons. The van der Waals surface area contributed by atoms with Gasteiger partial charge in [0.15, 0.2) is 11.5 Å². The first-order valence-electron chi connectivity index (χ1n) is 6.29. The molecule has 0 spiro atoms. The van der Waals surface area contributed by atoms with Crippen LogP contribution in [0.5, 0.6) is 11.5 Å². The van der Waals surface area contributed by atoms with Gasteiger partial charge in [-0.3, -0.25) is 0 Å². The molecule has 1 atom stereocenters. The van der Waals surface area contributed by atoms with Gasteiger partial charge in [0.1, 0.15) is 0 Å². The molecule has 3 nitrogen and oxygen atoms in total. The average Bonchev–Trinajstić information content (AvgIpc) is 2.47. The Morgan fingerprint density at radius 1 is 1.11 bits per heavy atom. The van der Waals surface area contributed by atoms with Crippen LogP contribution in [-0.2, 0) is 6.42 Å². The Labute approximate surface area is 113 Å². The van der Waals surface area contributed by atoms with Crippen LogP contribution >= 0.6 is 0 Å². The van der Waals surface area contributed by atoms with E-state index in [2.05, 4.69) is 0 Å². The molecule has 3 heteroatoms. The molecule has 0 saturated heterocycles. The van der Waals surface area contributed by atoms with Gasteiger partial charge in [-0.25, -0.2) is 0 Å². The van der Waals surface area contributed by atoms with Crippen molar-refractivity contribution in [3.63, 3.8) is 0 Å². The van der Waals surface area contributed by atoms with Crippen molar-refractivity contribution in [2.45, 2.75) is 18.9 Å². The van der Waals surface area contributed by atoms with Crippen molar-refractivity contribution in [2.75, 3.05) is 7.11 Å². The number of hydrogen-bond acceptors (Lipinski definition) is 3. The monoisotopic (exact) mass is 258 g/mol. The van der Waals surface area contributed by atoms with Gasteiger partial charge >= 0.3 is 0 Å². The molecule has 0 fully saturated rings. The third-order valence-corrected chi connectivity index (χ3v) is 3.13. The van der Waals surface area contributed by atoms with Crippen LogP contribution in [0.2, 0.25) is 0 Å². The molecule has 0 aromatic heterocycles. The summed E-state index contributed by atoms with van der Waals surface area (Å²) in [4.78, 5) is 0. The van der Waals surface area contributed by atoms with Crippen molar-refractivity contribution in [3.05, 3.63) is 59.7 Å². The molecule has 2 N–H and O–H groups in total.